The Morgan fingerprint density at radius 2 is 2.04 bits per heavy atom. The summed E-state index contributed by atoms with van der Waals surface area (Å²) in [6.45, 7) is 2.43. The summed E-state index contributed by atoms with van der Waals surface area (Å²) < 4.78 is 10.8. The van der Waals surface area contributed by atoms with Crippen LogP contribution in [0.3, 0.4) is 0 Å². The molecule has 1 aliphatic carbocycles. The molecule has 0 spiro atoms. The summed E-state index contributed by atoms with van der Waals surface area (Å²) in [5, 5.41) is 3.16. The third-order valence-corrected chi connectivity index (χ3v) is 4.40. The minimum absolute atomic E-state index is 0.0695. The molecule has 4 heteroatoms. The fraction of sp³-hybridized carbons (Fsp3) is 0.350. The Hall–Kier alpha value is -2.49. The molecular formula is C20H23NO3. The number of methoxy groups -OCH3 is 1. The molecule has 0 radical (unpaired) electrons. The van der Waals surface area contributed by atoms with Gasteiger partial charge in [0.15, 0.2) is 11.5 Å². The lowest BCUT2D eigenvalue weighted by atomic mass is 9.87. The highest BCUT2D eigenvalue weighted by molar-refractivity contribution is 5.95. The zero-order chi connectivity index (χ0) is 16.9. The van der Waals surface area contributed by atoms with E-state index in [1.165, 1.54) is 11.1 Å². The molecule has 0 aliphatic heterocycles. The molecule has 126 valence electrons. The van der Waals surface area contributed by atoms with Crippen LogP contribution in [0.15, 0.2) is 42.5 Å². The van der Waals surface area contributed by atoms with E-state index >= 15 is 0 Å². The Morgan fingerprint density at radius 1 is 1.21 bits per heavy atom. The Balaban J connectivity index is 1.80. The molecule has 2 aromatic rings. The van der Waals surface area contributed by atoms with E-state index in [2.05, 4.69) is 23.5 Å². The van der Waals surface area contributed by atoms with Gasteiger partial charge in [0, 0.05) is 5.56 Å². The molecule has 0 saturated heterocycles. The van der Waals surface area contributed by atoms with Crippen LogP contribution in [0.25, 0.3) is 0 Å². The molecule has 0 saturated carbocycles. The van der Waals surface area contributed by atoms with Gasteiger partial charge in [-0.15, -0.1) is 0 Å². The summed E-state index contributed by atoms with van der Waals surface area (Å²) in [5.41, 5.74) is 3.15. The fourth-order valence-electron chi connectivity index (χ4n) is 3.23. The predicted molar refractivity (Wildman–Crippen MR) is 93.8 cm³/mol. The van der Waals surface area contributed by atoms with Gasteiger partial charge in [0.2, 0.25) is 0 Å². The summed E-state index contributed by atoms with van der Waals surface area (Å²) >= 11 is 0. The molecule has 0 aromatic heterocycles. The Morgan fingerprint density at radius 3 is 2.83 bits per heavy atom. The second kappa shape index (κ2) is 7.39. The highest BCUT2D eigenvalue weighted by atomic mass is 16.5. The van der Waals surface area contributed by atoms with E-state index in [1.54, 1.807) is 25.3 Å². The fourth-order valence-corrected chi connectivity index (χ4v) is 3.23. The van der Waals surface area contributed by atoms with E-state index in [0.717, 1.165) is 19.3 Å². The molecule has 1 N–H and O–H groups in total. The normalized spacial score (nSPS) is 16.2. The molecule has 1 atom stereocenters. The molecular weight excluding hydrogens is 302 g/mol. The van der Waals surface area contributed by atoms with Gasteiger partial charge in [-0.25, -0.2) is 0 Å². The van der Waals surface area contributed by atoms with Crippen molar-refractivity contribution in [1.82, 2.24) is 5.32 Å². The number of nitrogens with one attached hydrogen (secondary N) is 1. The second-order valence-electron chi connectivity index (χ2n) is 5.92. The first-order valence-electron chi connectivity index (χ1n) is 8.42. The highest BCUT2D eigenvalue weighted by Gasteiger charge is 2.22. The number of benzene rings is 2. The van der Waals surface area contributed by atoms with Crippen molar-refractivity contribution in [2.24, 2.45) is 0 Å². The van der Waals surface area contributed by atoms with E-state index in [1.807, 2.05) is 13.0 Å². The summed E-state index contributed by atoms with van der Waals surface area (Å²) in [4.78, 5) is 12.7. The van der Waals surface area contributed by atoms with Crippen molar-refractivity contribution in [2.75, 3.05) is 13.7 Å². The van der Waals surface area contributed by atoms with E-state index in [0.29, 0.717) is 23.7 Å². The predicted octanol–water partition coefficient (Wildman–Crippen LogP) is 3.90. The molecule has 0 bridgehead atoms. The van der Waals surface area contributed by atoms with E-state index in [-0.39, 0.29) is 11.9 Å². The number of rotatable bonds is 5. The Labute approximate surface area is 142 Å². The third kappa shape index (κ3) is 3.37. The average Bonchev–Trinajstić information content (AvgIpc) is 2.62. The van der Waals surface area contributed by atoms with Crippen LogP contribution in [0.2, 0.25) is 0 Å². The van der Waals surface area contributed by atoms with Gasteiger partial charge in [-0.05, 0) is 55.5 Å². The minimum Gasteiger partial charge on any atom is -0.493 e. The first-order valence-corrected chi connectivity index (χ1v) is 8.42. The van der Waals surface area contributed by atoms with Gasteiger partial charge < -0.3 is 14.8 Å². The van der Waals surface area contributed by atoms with Crippen LogP contribution in [0.5, 0.6) is 11.5 Å². The number of fused-ring (bicyclic) bond motifs is 1. The van der Waals surface area contributed by atoms with E-state index in [4.69, 9.17) is 9.47 Å². The van der Waals surface area contributed by atoms with E-state index < -0.39 is 0 Å². The molecule has 0 fully saturated rings. The Bertz CT molecular complexity index is 727. The van der Waals surface area contributed by atoms with Gasteiger partial charge in [0.05, 0.1) is 19.8 Å². The standard InChI is InChI=1S/C20H23NO3/c1-3-24-19-13-15(11-12-18(19)23-2)20(22)21-17-10-6-8-14-7-4-5-9-16(14)17/h4-5,7,9,11-13,17H,3,6,8,10H2,1-2H3,(H,21,22). The first-order chi connectivity index (χ1) is 11.7. The SMILES string of the molecule is CCOc1cc(C(=O)NC2CCCc3ccccc32)ccc1OC. The maximum atomic E-state index is 12.7. The smallest absolute Gasteiger partial charge is 0.251 e. The van der Waals surface area contributed by atoms with Crippen molar-refractivity contribution in [3.63, 3.8) is 0 Å². The van der Waals surface area contributed by atoms with Crippen molar-refractivity contribution in [1.29, 1.82) is 0 Å². The number of carbonyl (C=O) groups is 1. The number of carbonyl (C=O) groups excluding carboxylic acids is 1. The average molecular weight is 325 g/mol. The maximum Gasteiger partial charge on any atom is 0.251 e. The summed E-state index contributed by atoms with van der Waals surface area (Å²) in [6.07, 6.45) is 3.14. The zero-order valence-electron chi connectivity index (χ0n) is 14.2. The van der Waals surface area contributed by atoms with Crippen LogP contribution >= 0.6 is 0 Å². The quantitative estimate of drug-likeness (QED) is 0.907. The van der Waals surface area contributed by atoms with Gasteiger partial charge in [0.25, 0.3) is 5.91 Å². The monoisotopic (exact) mass is 325 g/mol. The van der Waals surface area contributed by atoms with Crippen molar-refractivity contribution < 1.29 is 14.3 Å². The third-order valence-electron chi connectivity index (χ3n) is 4.40. The van der Waals surface area contributed by atoms with Gasteiger partial charge in [-0.3, -0.25) is 4.79 Å². The van der Waals surface area contributed by atoms with Crippen LogP contribution in [-0.4, -0.2) is 19.6 Å². The highest BCUT2D eigenvalue weighted by Crippen LogP contribution is 2.31. The summed E-state index contributed by atoms with van der Waals surface area (Å²) in [7, 11) is 1.59. The van der Waals surface area contributed by atoms with Crippen molar-refractivity contribution in [2.45, 2.75) is 32.2 Å². The molecule has 1 amide bonds. The van der Waals surface area contributed by atoms with Crippen molar-refractivity contribution in [3.8, 4) is 11.5 Å². The summed E-state index contributed by atoms with van der Waals surface area (Å²) in [6, 6.07) is 13.7. The number of amides is 1. The Kier molecular flexibility index (Phi) is 5.04. The van der Waals surface area contributed by atoms with E-state index in [9.17, 15) is 4.79 Å². The van der Waals surface area contributed by atoms with Gasteiger partial charge >= 0.3 is 0 Å². The molecule has 2 aromatic carbocycles. The molecule has 1 unspecified atom stereocenters. The number of aryl methyl sites for hydroxylation is 1. The largest absolute Gasteiger partial charge is 0.493 e. The van der Waals surface area contributed by atoms with Gasteiger partial charge in [-0.1, -0.05) is 24.3 Å². The number of hydrogen-bond acceptors (Lipinski definition) is 3. The van der Waals surface area contributed by atoms with Crippen molar-refractivity contribution >= 4 is 5.91 Å². The minimum atomic E-state index is -0.0830. The number of ether oxygens (including phenoxy) is 2. The topological polar surface area (TPSA) is 47.6 Å². The molecule has 4 nitrogen and oxygen atoms in total. The van der Waals surface area contributed by atoms with Crippen LogP contribution in [0, 0.1) is 0 Å². The van der Waals surface area contributed by atoms with Crippen LogP contribution < -0.4 is 14.8 Å². The van der Waals surface area contributed by atoms with Crippen LogP contribution in [0.1, 0.15) is 47.3 Å². The lowest BCUT2D eigenvalue weighted by molar-refractivity contribution is 0.0932. The molecule has 0 heterocycles. The van der Waals surface area contributed by atoms with Gasteiger partial charge in [0.1, 0.15) is 0 Å². The maximum absolute atomic E-state index is 12.7. The summed E-state index contributed by atoms with van der Waals surface area (Å²) in [5.74, 6) is 1.15. The molecule has 1 aliphatic rings. The van der Waals surface area contributed by atoms with Crippen LogP contribution in [-0.2, 0) is 6.42 Å². The van der Waals surface area contributed by atoms with Crippen LogP contribution in [0.4, 0.5) is 0 Å². The second-order valence-corrected chi connectivity index (χ2v) is 5.92. The number of hydrogen-bond donors (Lipinski definition) is 1. The lowest BCUT2D eigenvalue weighted by Gasteiger charge is -2.26. The first kappa shape index (κ1) is 16.4. The molecule has 3 rings (SSSR count). The van der Waals surface area contributed by atoms with Crippen molar-refractivity contribution in [3.05, 3.63) is 59.2 Å². The van der Waals surface area contributed by atoms with Gasteiger partial charge in [-0.2, -0.15) is 0 Å². The zero-order valence-corrected chi connectivity index (χ0v) is 14.2. The lowest BCUT2D eigenvalue weighted by Crippen LogP contribution is -2.31. The molecule has 24 heavy (non-hydrogen) atoms.